The molecule has 0 saturated carbocycles. The first-order valence-corrected chi connectivity index (χ1v) is 8.83. The van der Waals surface area contributed by atoms with Crippen molar-refractivity contribution >= 4 is 23.4 Å². The topological polar surface area (TPSA) is 59.8 Å². The van der Waals surface area contributed by atoms with Crippen LogP contribution in [0.1, 0.15) is 11.4 Å². The van der Waals surface area contributed by atoms with E-state index in [0.717, 1.165) is 29.6 Å². The minimum absolute atomic E-state index is 0.00285. The van der Waals surface area contributed by atoms with Crippen molar-refractivity contribution in [3.63, 3.8) is 0 Å². The summed E-state index contributed by atoms with van der Waals surface area (Å²) in [6, 6.07) is 12.7. The third kappa shape index (κ3) is 4.45. The van der Waals surface area contributed by atoms with E-state index in [-0.39, 0.29) is 11.4 Å². The van der Waals surface area contributed by atoms with Crippen LogP contribution in [-0.4, -0.2) is 26.4 Å². The van der Waals surface area contributed by atoms with Crippen LogP contribution in [-0.2, 0) is 11.3 Å². The van der Waals surface area contributed by atoms with Gasteiger partial charge in [0.25, 0.3) is 0 Å². The largest absolute Gasteiger partial charge is 0.323 e. The van der Waals surface area contributed by atoms with Gasteiger partial charge in [0.1, 0.15) is 17.5 Å². The maximum Gasteiger partial charge on any atom is 0.234 e. The van der Waals surface area contributed by atoms with Gasteiger partial charge in [-0.05, 0) is 24.6 Å². The molecule has 1 heterocycles. The van der Waals surface area contributed by atoms with E-state index in [2.05, 4.69) is 15.5 Å². The number of anilines is 1. The Balaban J connectivity index is 1.64. The van der Waals surface area contributed by atoms with Crippen LogP contribution in [0.15, 0.2) is 53.7 Å². The van der Waals surface area contributed by atoms with Crippen LogP contribution < -0.4 is 5.32 Å². The summed E-state index contributed by atoms with van der Waals surface area (Å²) in [4.78, 5) is 12.0. The monoisotopic (exact) mass is 374 g/mol. The average molecular weight is 374 g/mol. The van der Waals surface area contributed by atoms with E-state index in [0.29, 0.717) is 11.7 Å². The van der Waals surface area contributed by atoms with Crippen LogP contribution in [0.25, 0.3) is 0 Å². The van der Waals surface area contributed by atoms with Gasteiger partial charge in [-0.15, -0.1) is 10.2 Å². The Morgan fingerprint density at radius 1 is 1.15 bits per heavy atom. The van der Waals surface area contributed by atoms with Gasteiger partial charge in [0.2, 0.25) is 5.91 Å². The quantitative estimate of drug-likeness (QED) is 0.669. The standard InChI is InChI=1S/C18H16F2N4OS/c1-12-22-23-18(24(12)10-13-5-3-2-4-6-13)26-11-17(25)21-16-9-14(19)7-8-15(16)20/h2-9H,10-11H2,1H3,(H,21,25). The number of amides is 1. The molecule has 134 valence electrons. The van der Waals surface area contributed by atoms with Crippen molar-refractivity contribution in [3.8, 4) is 0 Å². The highest BCUT2D eigenvalue weighted by molar-refractivity contribution is 7.99. The predicted molar refractivity (Wildman–Crippen MR) is 96.0 cm³/mol. The van der Waals surface area contributed by atoms with E-state index in [1.54, 1.807) is 0 Å². The van der Waals surface area contributed by atoms with Gasteiger partial charge in [0, 0.05) is 6.07 Å². The SMILES string of the molecule is Cc1nnc(SCC(=O)Nc2cc(F)ccc2F)n1Cc1ccccc1. The van der Waals surface area contributed by atoms with Crippen molar-refractivity contribution in [2.75, 3.05) is 11.1 Å². The Morgan fingerprint density at radius 3 is 2.69 bits per heavy atom. The summed E-state index contributed by atoms with van der Waals surface area (Å²) < 4.78 is 28.7. The predicted octanol–water partition coefficient (Wildman–Crippen LogP) is 3.64. The summed E-state index contributed by atoms with van der Waals surface area (Å²) in [6.45, 7) is 2.42. The number of thioether (sulfide) groups is 1. The minimum Gasteiger partial charge on any atom is -0.323 e. The molecule has 1 N–H and O–H groups in total. The molecule has 0 atom stereocenters. The minimum atomic E-state index is -0.687. The number of aryl methyl sites for hydroxylation is 1. The zero-order valence-corrected chi connectivity index (χ0v) is 14.8. The fraction of sp³-hybridized carbons (Fsp3) is 0.167. The van der Waals surface area contributed by atoms with Crippen LogP contribution >= 0.6 is 11.8 Å². The second kappa shape index (κ2) is 8.09. The first-order chi connectivity index (χ1) is 12.5. The molecular weight excluding hydrogens is 358 g/mol. The third-order valence-corrected chi connectivity index (χ3v) is 4.59. The lowest BCUT2D eigenvalue weighted by Crippen LogP contribution is -2.16. The van der Waals surface area contributed by atoms with Crippen LogP contribution in [0.5, 0.6) is 0 Å². The Bertz CT molecular complexity index is 915. The lowest BCUT2D eigenvalue weighted by molar-refractivity contribution is -0.113. The molecule has 0 aliphatic carbocycles. The number of benzene rings is 2. The van der Waals surface area contributed by atoms with Crippen LogP contribution in [0.4, 0.5) is 14.5 Å². The number of carbonyl (C=O) groups excluding carboxylic acids is 1. The third-order valence-electron chi connectivity index (χ3n) is 3.62. The molecule has 0 radical (unpaired) electrons. The molecule has 0 aliphatic heterocycles. The van der Waals surface area contributed by atoms with Gasteiger partial charge in [-0.1, -0.05) is 42.1 Å². The molecule has 0 aliphatic rings. The van der Waals surface area contributed by atoms with E-state index in [1.807, 2.05) is 41.8 Å². The lowest BCUT2D eigenvalue weighted by Gasteiger charge is -2.09. The first-order valence-electron chi connectivity index (χ1n) is 7.84. The fourth-order valence-corrected chi connectivity index (χ4v) is 3.11. The van der Waals surface area contributed by atoms with Gasteiger partial charge < -0.3 is 9.88 Å². The first kappa shape index (κ1) is 18.1. The molecule has 0 unspecified atom stereocenters. The lowest BCUT2D eigenvalue weighted by atomic mass is 10.2. The summed E-state index contributed by atoms with van der Waals surface area (Å²) in [5.41, 5.74) is 0.904. The van der Waals surface area contributed by atoms with Crippen molar-refractivity contribution in [3.05, 3.63) is 71.6 Å². The molecule has 1 amide bonds. The zero-order valence-electron chi connectivity index (χ0n) is 13.9. The van der Waals surface area contributed by atoms with Gasteiger partial charge in [-0.3, -0.25) is 4.79 Å². The molecular formula is C18H16F2N4OS. The molecule has 3 aromatic rings. The second-order valence-corrected chi connectivity index (χ2v) is 6.51. The van der Waals surface area contributed by atoms with Crippen molar-refractivity contribution < 1.29 is 13.6 Å². The van der Waals surface area contributed by atoms with Crippen LogP contribution in [0, 0.1) is 18.6 Å². The van der Waals surface area contributed by atoms with Gasteiger partial charge in [-0.25, -0.2) is 8.78 Å². The maximum atomic E-state index is 13.6. The highest BCUT2D eigenvalue weighted by atomic mass is 32.2. The molecule has 0 saturated heterocycles. The van der Waals surface area contributed by atoms with Crippen molar-refractivity contribution in [1.82, 2.24) is 14.8 Å². The zero-order chi connectivity index (χ0) is 18.5. The van der Waals surface area contributed by atoms with Gasteiger partial charge in [-0.2, -0.15) is 0 Å². The molecule has 3 rings (SSSR count). The Hall–Kier alpha value is -2.74. The Morgan fingerprint density at radius 2 is 1.92 bits per heavy atom. The van der Waals surface area contributed by atoms with E-state index in [1.165, 1.54) is 11.8 Å². The van der Waals surface area contributed by atoms with Crippen molar-refractivity contribution in [2.45, 2.75) is 18.6 Å². The van der Waals surface area contributed by atoms with Gasteiger partial charge in [0.15, 0.2) is 5.16 Å². The van der Waals surface area contributed by atoms with Gasteiger partial charge >= 0.3 is 0 Å². The number of rotatable bonds is 6. The Labute approximate surface area is 153 Å². The summed E-state index contributed by atoms with van der Waals surface area (Å²) in [5.74, 6) is -1.03. The van der Waals surface area contributed by atoms with E-state index >= 15 is 0 Å². The van der Waals surface area contributed by atoms with Gasteiger partial charge in [0.05, 0.1) is 18.0 Å². The smallest absolute Gasteiger partial charge is 0.234 e. The maximum absolute atomic E-state index is 13.6. The van der Waals surface area contributed by atoms with E-state index < -0.39 is 17.5 Å². The molecule has 5 nitrogen and oxygen atoms in total. The molecule has 0 bridgehead atoms. The average Bonchev–Trinajstić information content (AvgIpc) is 2.97. The number of nitrogens with zero attached hydrogens (tertiary/aromatic N) is 3. The van der Waals surface area contributed by atoms with Crippen LogP contribution in [0.2, 0.25) is 0 Å². The molecule has 8 heteroatoms. The molecule has 0 fully saturated rings. The number of carbonyl (C=O) groups is 1. The fourth-order valence-electron chi connectivity index (χ4n) is 2.33. The normalized spacial score (nSPS) is 10.7. The van der Waals surface area contributed by atoms with Crippen LogP contribution in [0.3, 0.4) is 0 Å². The molecule has 0 spiro atoms. The van der Waals surface area contributed by atoms with E-state index in [9.17, 15) is 13.6 Å². The summed E-state index contributed by atoms with van der Waals surface area (Å²) in [7, 11) is 0. The number of halogens is 2. The number of hydrogen-bond acceptors (Lipinski definition) is 4. The highest BCUT2D eigenvalue weighted by Gasteiger charge is 2.13. The number of aromatic nitrogens is 3. The second-order valence-electron chi connectivity index (χ2n) is 5.56. The summed E-state index contributed by atoms with van der Waals surface area (Å²) in [6.07, 6.45) is 0. The highest BCUT2D eigenvalue weighted by Crippen LogP contribution is 2.20. The molecule has 2 aromatic carbocycles. The molecule has 26 heavy (non-hydrogen) atoms. The number of hydrogen-bond donors (Lipinski definition) is 1. The summed E-state index contributed by atoms with van der Waals surface area (Å²) >= 11 is 1.19. The van der Waals surface area contributed by atoms with Crippen molar-refractivity contribution in [2.24, 2.45) is 0 Å². The molecule has 1 aromatic heterocycles. The van der Waals surface area contributed by atoms with E-state index in [4.69, 9.17) is 0 Å². The summed E-state index contributed by atoms with van der Waals surface area (Å²) in [5, 5.41) is 11.1. The number of nitrogens with one attached hydrogen (secondary N) is 1. The Kier molecular flexibility index (Phi) is 5.62. The van der Waals surface area contributed by atoms with Crippen molar-refractivity contribution in [1.29, 1.82) is 0 Å².